The molecule has 2 aliphatic heterocycles. The number of likely N-dealkylation sites (tertiary alicyclic amines) is 1. The number of imidazole rings is 1. The van der Waals surface area contributed by atoms with Gasteiger partial charge in [0.05, 0.1) is 5.56 Å². The summed E-state index contributed by atoms with van der Waals surface area (Å²) in [5.74, 6) is 0.0777. The second-order valence-corrected chi connectivity index (χ2v) is 7.80. The van der Waals surface area contributed by atoms with E-state index in [0.29, 0.717) is 24.1 Å². The SMILES string of the molecule is CCn1c(N2CCCC3(CCC(=O)N(C)C3)C2)nc2cc(C(=O)O)cnc21. The molecule has 0 aliphatic carbocycles. The van der Waals surface area contributed by atoms with Gasteiger partial charge < -0.3 is 14.9 Å². The molecule has 8 heteroatoms. The first-order valence-corrected chi connectivity index (χ1v) is 9.51. The zero-order chi connectivity index (χ0) is 19.2. The number of hydrogen-bond donors (Lipinski definition) is 1. The molecule has 1 N–H and O–H groups in total. The van der Waals surface area contributed by atoms with E-state index in [9.17, 15) is 14.7 Å². The highest BCUT2D eigenvalue weighted by Crippen LogP contribution is 2.40. The van der Waals surface area contributed by atoms with Crippen molar-refractivity contribution in [1.82, 2.24) is 19.4 Å². The van der Waals surface area contributed by atoms with Crippen LogP contribution in [0.25, 0.3) is 11.2 Å². The van der Waals surface area contributed by atoms with Gasteiger partial charge in [-0.15, -0.1) is 0 Å². The van der Waals surface area contributed by atoms with Crippen LogP contribution in [0.4, 0.5) is 5.95 Å². The van der Waals surface area contributed by atoms with E-state index in [-0.39, 0.29) is 16.9 Å². The van der Waals surface area contributed by atoms with Crippen molar-refractivity contribution in [3.63, 3.8) is 0 Å². The van der Waals surface area contributed by atoms with Crippen LogP contribution < -0.4 is 4.90 Å². The number of pyridine rings is 1. The third-order valence-corrected chi connectivity index (χ3v) is 5.94. The number of aryl methyl sites for hydroxylation is 1. The first-order chi connectivity index (χ1) is 12.9. The fraction of sp³-hybridized carbons (Fsp3) is 0.579. The Kier molecular flexibility index (Phi) is 4.28. The summed E-state index contributed by atoms with van der Waals surface area (Å²) in [4.78, 5) is 36.4. The summed E-state index contributed by atoms with van der Waals surface area (Å²) in [5, 5.41) is 9.22. The lowest BCUT2D eigenvalue weighted by atomic mass is 9.74. The van der Waals surface area contributed by atoms with Crippen LogP contribution in [0.3, 0.4) is 0 Å². The summed E-state index contributed by atoms with van der Waals surface area (Å²) in [5.41, 5.74) is 1.59. The molecule has 1 atom stereocenters. The Morgan fingerprint density at radius 2 is 2.15 bits per heavy atom. The zero-order valence-electron chi connectivity index (χ0n) is 15.8. The second-order valence-electron chi connectivity index (χ2n) is 7.80. The molecule has 4 heterocycles. The van der Waals surface area contributed by atoms with Gasteiger partial charge in [0, 0.05) is 51.3 Å². The summed E-state index contributed by atoms with van der Waals surface area (Å²) in [6, 6.07) is 1.59. The first kappa shape index (κ1) is 17.8. The Labute approximate surface area is 157 Å². The van der Waals surface area contributed by atoms with E-state index >= 15 is 0 Å². The van der Waals surface area contributed by atoms with Crippen LogP contribution in [-0.4, -0.2) is 63.1 Å². The summed E-state index contributed by atoms with van der Waals surface area (Å²) < 4.78 is 2.05. The number of carbonyl (C=O) groups is 2. The molecule has 2 aromatic rings. The average Bonchev–Trinajstić information content (AvgIpc) is 3.03. The van der Waals surface area contributed by atoms with Gasteiger partial charge in [0.25, 0.3) is 0 Å². The third-order valence-electron chi connectivity index (χ3n) is 5.94. The molecule has 1 spiro atoms. The van der Waals surface area contributed by atoms with Gasteiger partial charge in [0.2, 0.25) is 11.9 Å². The maximum Gasteiger partial charge on any atom is 0.337 e. The van der Waals surface area contributed by atoms with Crippen molar-refractivity contribution in [3.05, 3.63) is 17.8 Å². The highest BCUT2D eigenvalue weighted by Gasteiger charge is 2.41. The number of carboxylic acids is 1. The molecule has 0 saturated carbocycles. The predicted molar refractivity (Wildman–Crippen MR) is 101 cm³/mol. The van der Waals surface area contributed by atoms with E-state index in [2.05, 4.69) is 14.5 Å². The zero-order valence-corrected chi connectivity index (χ0v) is 15.8. The second kappa shape index (κ2) is 6.51. The minimum absolute atomic E-state index is 0.108. The number of carbonyl (C=O) groups excluding carboxylic acids is 1. The number of piperidine rings is 2. The monoisotopic (exact) mass is 371 g/mol. The summed E-state index contributed by atoms with van der Waals surface area (Å²) in [7, 11) is 1.89. The normalized spacial score (nSPS) is 23.4. The number of aromatic nitrogens is 3. The molecule has 8 nitrogen and oxygen atoms in total. The summed E-state index contributed by atoms with van der Waals surface area (Å²) in [6.07, 6.45) is 5.10. The van der Waals surface area contributed by atoms with Gasteiger partial charge in [0.1, 0.15) is 5.52 Å². The molecule has 144 valence electrons. The van der Waals surface area contributed by atoms with Gasteiger partial charge in [-0.05, 0) is 32.3 Å². The molecule has 0 aromatic carbocycles. The van der Waals surface area contributed by atoms with Crippen LogP contribution >= 0.6 is 0 Å². The van der Waals surface area contributed by atoms with E-state index in [1.54, 1.807) is 6.07 Å². The van der Waals surface area contributed by atoms with E-state index in [1.165, 1.54) is 6.20 Å². The fourth-order valence-corrected chi connectivity index (χ4v) is 4.59. The Hall–Kier alpha value is -2.64. The average molecular weight is 371 g/mol. The largest absolute Gasteiger partial charge is 0.478 e. The van der Waals surface area contributed by atoms with Crippen molar-refractivity contribution in [2.75, 3.05) is 31.6 Å². The fourth-order valence-electron chi connectivity index (χ4n) is 4.59. The van der Waals surface area contributed by atoms with E-state index in [4.69, 9.17) is 4.98 Å². The van der Waals surface area contributed by atoms with Gasteiger partial charge in [-0.25, -0.2) is 14.8 Å². The van der Waals surface area contributed by atoms with Crippen molar-refractivity contribution < 1.29 is 14.7 Å². The molecule has 0 bridgehead atoms. The van der Waals surface area contributed by atoms with Gasteiger partial charge in [-0.2, -0.15) is 0 Å². The van der Waals surface area contributed by atoms with Crippen molar-refractivity contribution in [2.24, 2.45) is 5.41 Å². The van der Waals surface area contributed by atoms with Crippen molar-refractivity contribution in [1.29, 1.82) is 0 Å². The highest BCUT2D eigenvalue weighted by molar-refractivity contribution is 5.91. The number of anilines is 1. The minimum Gasteiger partial charge on any atom is -0.478 e. The lowest BCUT2D eigenvalue weighted by molar-refractivity contribution is -0.136. The van der Waals surface area contributed by atoms with Gasteiger partial charge in [-0.1, -0.05) is 0 Å². The lowest BCUT2D eigenvalue weighted by Gasteiger charge is -2.47. The van der Waals surface area contributed by atoms with Crippen LogP contribution in [-0.2, 0) is 11.3 Å². The maximum atomic E-state index is 11.9. The Morgan fingerprint density at radius 3 is 2.85 bits per heavy atom. The number of hydrogen-bond acceptors (Lipinski definition) is 5. The Bertz CT molecular complexity index is 908. The number of fused-ring (bicyclic) bond motifs is 1. The van der Waals surface area contributed by atoms with E-state index in [0.717, 1.165) is 44.8 Å². The van der Waals surface area contributed by atoms with Crippen molar-refractivity contribution in [2.45, 2.75) is 39.2 Å². The van der Waals surface area contributed by atoms with Crippen LogP contribution in [0.15, 0.2) is 12.3 Å². The number of amides is 1. The number of carboxylic acid groups (broad SMARTS) is 1. The van der Waals surface area contributed by atoms with Gasteiger partial charge >= 0.3 is 5.97 Å². The molecular formula is C19H25N5O3. The molecule has 27 heavy (non-hydrogen) atoms. The minimum atomic E-state index is -0.996. The topological polar surface area (TPSA) is 91.6 Å². The molecule has 2 aliphatic rings. The van der Waals surface area contributed by atoms with Gasteiger partial charge in [-0.3, -0.25) is 9.36 Å². The molecule has 2 aromatic heterocycles. The maximum absolute atomic E-state index is 11.9. The first-order valence-electron chi connectivity index (χ1n) is 9.51. The van der Waals surface area contributed by atoms with Crippen LogP contribution in [0.1, 0.15) is 43.0 Å². The standard InChI is InChI=1S/C19H25N5O3/c1-3-24-16-14(9-13(10-20-16)17(26)27)21-18(24)23-8-4-6-19(12-23)7-5-15(25)22(2)11-19/h9-10H,3-8,11-12H2,1-2H3,(H,26,27). The van der Waals surface area contributed by atoms with Crippen LogP contribution in [0.5, 0.6) is 0 Å². The van der Waals surface area contributed by atoms with Crippen molar-refractivity contribution in [3.8, 4) is 0 Å². The summed E-state index contributed by atoms with van der Waals surface area (Å²) >= 11 is 0. The molecule has 2 fully saturated rings. The molecule has 2 saturated heterocycles. The van der Waals surface area contributed by atoms with Gasteiger partial charge in [0.15, 0.2) is 5.65 Å². The molecule has 1 amide bonds. The number of nitrogens with zero attached hydrogens (tertiary/aromatic N) is 5. The molecule has 1 unspecified atom stereocenters. The molecule has 4 rings (SSSR count). The predicted octanol–water partition coefficient (Wildman–Crippen LogP) is 1.99. The number of rotatable bonds is 3. The third kappa shape index (κ3) is 3.02. The Morgan fingerprint density at radius 1 is 1.33 bits per heavy atom. The van der Waals surface area contributed by atoms with E-state index < -0.39 is 5.97 Å². The highest BCUT2D eigenvalue weighted by atomic mass is 16.4. The summed E-state index contributed by atoms with van der Waals surface area (Å²) in [6.45, 7) is 5.32. The van der Waals surface area contributed by atoms with Crippen molar-refractivity contribution >= 4 is 29.0 Å². The van der Waals surface area contributed by atoms with Crippen LogP contribution in [0.2, 0.25) is 0 Å². The molecular weight excluding hydrogens is 346 g/mol. The lowest BCUT2D eigenvalue weighted by Crippen LogP contribution is -2.53. The quantitative estimate of drug-likeness (QED) is 0.887. The Balaban J connectivity index is 1.68. The van der Waals surface area contributed by atoms with E-state index in [1.807, 2.05) is 18.9 Å². The smallest absolute Gasteiger partial charge is 0.337 e. The van der Waals surface area contributed by atoms with Crippen LogP contribution in [0, 0.1) is 5.41 Å². The molecule has 0 radical (unpaired) electrons. The number of aromatic carboxylic acids is 1.